The lowest BCUT2D eigenvalue weighted by atomic mass is 9.76. The number of likely N-dealkylation sites (tertiary alicyclic amines) is 2. The number of carbonyl (C=O) groups excluding carboxylic acids is 4. The quantitative estimate of drug-likeness (QED) is 0.0949. The first-order valence-electron chi connectivity index (χ1n) is 24.0. The largest absolute Gasteiger partial charge is 0.453 e. The lowest BCUT2D eigenvalue weighted by molar-refractivity contribution is -0.136. The molecule has 2 aliphatic heterocycles. The van der Waals surface area contributed by atoms with E-state index in [-0.39, 0.29) is 47.1 Å². The fraction of sp³-hybridized carbons (Fsp3) is 0.472. The van der Waals surface area contributed by atoms with E-state index in [1.807, 2.05) is 38.8 Å². The van der Waals surface area contributed by atoms with Gasteiger partial charge in [-0.25, -0.2) is 19.6 Å². The van der Waals surface area contributed by atoms with Crippen molar-refractivity contribution in [3.8, 4) is 33.5 Å². The number of hydrogen-bond donors (Lipinski definition) is 4. The molecule has 4 aliphatic rings. The third-order valence-electron chi connectivity index (χ3n) is 14.9. The summed E-state index contributed by atoms with van der Waals surface area (Å²) in [5.41, 5.74) is 12.5. The van der Waals surface area contributed by atoms with Gasteiger partial charge in [0.05, 0.1) is 49.2 Å². The number of benzene rings is 3. The predicted molar refractivity (Wildman–Crippen MR) is 258 cm³/mol. The molecule has 352 valence electrons. The van der Waals surface area contributed by atoms with Crippen molar-refractivity contribution in [2.45, 2.75) is 116 Å². The minimum Gasteiger partial charge on any atom is -0.453 e. The Labute approximate surface area is 392 Å². The molecule has 1 saturated carbocycles. The number of amides is 4. The highest BCUT2D eigenvalue weighted by molar-refractivity contribution is 5.89. The van der Waals surface area contributed by atoms with Crippen LogP contribution in [0.2, 0.25) is 0 Å². The molecule has 1 spiro atoms. The van der Waals surface area contributed by atoms with Crippen LogP contribution < -0.4 is 10.6 Å². The molecule has 4 amide bonds. The summed E-state index contributed by atoms with van der Waals surface area (Å²) >= 11 is 0. The van der Waals surface area contributed by atoms with Gasteiger partial charge in [-0.15, -0.1) is 0 Å². The molecule has 0 unspecified atom stereocenters. The van der Waals surface area contributed by atoms with Gasteiger partial charge in [0, 0.05) is 13.1 Å². The number of fused-ring (bicyclic) bond motifs is 3. The van der Waals surface area contributed by atoms with Crippen LogP contribution in [0.5, 0.6) is 0 Å². The van der Waals surface area contributed by atoms with E-state index < -0.39 is 24.3 Å². The molecule has 5 atom stereocenters. The second-order valence-electron chi connectivity index (χ2n) is 20.1. The Balaban J connectivity index is 0.984. The average molecular weight is 909 g/mol. The highest BCUT2D eigenvalue weighted by Crippen LogP contribution is 2.55. The second-order valence-corrected chi connectivity index (χ2v) is 20.1. The molecule has 9 rings (SSSR count). The number of aromatic amines is 2. The number of methoxy groups -OCH3 is 2. The Kier molecular flexibility index (Phi) is 12.5. The summed E-state index contributed by atoms with van der Waals surface area (Å²) in [5, 5.41) is 5.47. The zero-order valence-corrected chi connectivity index (χ0v) is 39.8. The third kappa shape index (κ3) is 8.59. The molecule has 2 aliphatic carbocycles. The maximum atomic E-state index is 13.9. The van der Waals surface area contributed by atoms with E-state index in [1.54, 1.807) is 4.90 Å². The maximum absolute atomic E-state index is 13.9. The van der Waals surface area contributed by atoms with Crippen molar-refractivity contribution in [1.29, 1.82) is 0 Å². The first-order chi connectivity index (χ1) is 32.2. The van der Waals surface area contributed by atoms with Crippen molar-refractivity contribution in [2.75, 3.05) is 27.3 Å². The highest BCUT2D eigenvalue weighted by Gasteiger charge is 2.44. The van der Waals surface area contributed by atoms with Crippen molar-refractivity contribution in [1.82, 2.24) is 40.4 Å². The Morgan fingerprint density at radius 1 is 0.776 bits per heavy atom. The number of hydrogen-bond acceptors (Lipinski definition) is 8. The topological polar surface area (TPSA) is 175 Å². The lowest BCUT2D eigenvalue weighted by Gasteiger charge is -2.30. The third-order valence-corrected chi connectivity index (χ3v) is 14.9. The Bertz CT molecular complexity index is 2710. The minimum atomic E-state index is -0.742. The van der Waals surface area contributed by atoms with Crippen LogP contribution in [0, 0.1) is 17.8 Å². The fourth-order valence-corrected chi connectivity index (χ4v) is 11.5. The van der Waals surface area contributed by atoms with Crippen LogP contribution in [-0.4, -0.2) is 93.1 Å². The number of alkyl carbamates (subject to hydrolysis) is 2. The van der Waals surface area contributed by atoms with Gasteiger partial charge in [0.25, 0.3) is 0 Å². The minimum absolute atomic E-state index is 0.116. The Morgan fingerprint density at radius 3 is 2.06 bits per heavy atom. The molecule has 3 fully saturated rings. The molecule has 14 heteroatoms. The van der Waals surface area contributed by atoms with Gasteiger partial charge in [0.15, 0.2) is 0 Å². The summed E-state index contributed by atoms with van der Waals surface area (Å²) < 4.78 is 9.66. The molecule has 67 heavy (non-hydrogen) atoms. The van der Waals surface area contributed by atoms with E-state index in [1.165, 1.54) is 67.7 Å². The molecule has 3 aromatic carbocycles. The van der Waals surface area contributed by atoms with E-state index in [2.05, 4.69) is 88.7 Å². The average Bonchev–Trinajstić information content (AvgIpc) is 4.20. The summed E-state index contributed by atoms with van der Waals surface area (Å²) in [6.45, 7) is 15.0. The van der Waals surface area contributed by atoms with Gasteiger partial charge in [-0.2, -0.15) is 0 Å². The smallest absolute Gasteiger partial charge is 0.407 e. The summed E-state index contributed by atoms with van der Waals surface area (Å²) in [6, 6.07) is 17.8. The zero-order chi connectivity index (χ0) is 47.3. The number of imidazole rings is 2. The normalized spacial score (nSPS) is 20.8. The van der Waals surface area contributed by atoms with Gasteiger partial charge in [-0.3, -0.25) is 9.59 Å². The molecular formula is C53H64N8O6. The molecule has 0 bridgehead atoms. The number of aromatic nitrogens is 4. The van der Waals surface area contributed by atoms with E-state index in [0.717, 1.165) is 58.5 Å². The van der Waals surface area contributed by atoms with Crippen LogP contribution in [0.15, 0.2) is 72.9 Å². The first-order valence-corrected chi connectivity index (χ1v) is 24.0. The van der Waals surface area contributed by atoms with Crippen LogP contribution in [0.1, 0.15) is 114 Å². The van der Waals surface area contributed by atoms with Crippen LogP contribution in [0.25, 0.3) is 44.5 Å². The summed E-state index contributed by atoms with van der Waals surface area (Å²) in [5.74, 6) is 1.15. The maximum Gasteiger partial charge on any atom is 0.407 e. The summed E-state index contributed by atoms with van der Waals surface area (Å²) in [6.07, 6.45) is 8.98. The van der Waals surface area contributed by atoms with Gasteiger partial charge in [0.2, 0.25) is 11.8 Å². The number of carbonyl (C=O) groups is 4. The summed E-state index contributed by atoms with van der Waals surface area (Å²) in [4.78, 5) is 72.7. The van der Waals surface area contributed by atoms with E-state index in [4.69, 9.17) is 19.4 Å². The molecule has 2 aromatic heterocycles. The SMILES string of the molecule is C=C1C[C@@H](c2nc3ccc(-c4ccc(-c5ccc(-c6cnc([C@@H]7C[C@H](C)CN7C(=O)[C@@H](NC(=O)OC)C(C)C)[nH]6)cc5)c5c4CCC54CCCC4)cc3[nH]2)N(C(=O)[C@@H](NC(=O)OC)C(C)C)C1. The van der Waals surface area contributed by atoms with Crippen molar-refractivity contribution in [3.05, 3.63) is 95.7 Å². The van der Waals surface area contributed by atoms with Gasteiger partial charge < -0.3 is 39.9 Å². The molecule has 4 heterocycles. The number of nitrogens with one attached hydrogen (secondary N) is 4. The number of ether oxygens (including phenoxy) is 2. The Hall–Kier alpha value is -6.44. The van der Waals surface area contributed by atoms with Crippen molar-refractivity contribution in [2.24, 2.45) is 17.8 Å². The van der Waals surface area contributed by atoms with Crippen LogP contribution in [0.4, 0.5) is 9.59 Å². The van der Waals surface area contributed by atoms with Crippen molar-refractivity contribution >= 4 is 35.0 Å². The van der Waals surface area contributed by atoms with Gasteiger partial charge in [0.1, 0.15) is 23.7 Å². The van der Waals surface area contributed by atoms with E-state index in [0.29, 0.717) is 25.3 Å². The van der Waals surface area contributed by atoms with Crippen LogP contribution in [-0.2, 0) is 30.9 Å². The molecule has 4 N–H and O–H groups in total. The zero-order valence-electron chi connectivity index (χ0n) is 39.8. The number of H-pyrrole nitrogens is 2. The van der Waals surface area contributed by atoms with Gasteiger partial charge in [-0.1, -0.05) is 102 Å². The second kappa shape index (κ2) is 18.3. The molecular weight excluding hydrogens is 845 g/mol. The molecule has 5 aromatic rings. The van der Waals surface area contributed by atoms with Crippen LogP contribution in [0.3, 0.4) is 0 Å². The van der Waals surface area contributed by atoms with Gasteiger partial charge >= 0.3 is 12.2 Å². The van der Waals surface area contributed by atoms with E-state index in [9.17, 15) is 19.2 Å². The Morgan fingerprint density at radius 2 is 1.40 bits per heavy atom. The van der Waals surface area contributed by atoms with Crippen LogP contribution >= 0.6 is 0 Å². The number of rotatable bonds is 11. The molecule has 14 nitrogen and oxygen atoms in total. The van der Waals surface area contributed by atoms with Gasteiger partial charge in [-0.05, 0) is 113 Å². The molecule has 0 radical (unpaired) electrons. The fourth-order valence-electron chi connectivity index (χ4n) is 11.5. The monoisotopic (exact) mass is 908 g/mol. The molecule has 2 saturated heterocycles. The first kappa shape index (κ1) is 45.7. The summed E-state index contributed by atoms with van der Waals surface area (Å²) in [7, 11) is 2.60. The predicted octanol–water partition coefficient (Wildman–Crippen LogP) is 9.55. The standard InChI is InChI=1S/C53H64N8O6/c1-29(2)45(58-51(64)66-7)49(62)60-27-31(5)23-42(60)47-54-26-41(57-47)34-13-11-33(12-14-34)37-17-16-36(38-19-22-53(44(37)38)20-9-10-21-53)35-15-18-39-40(25-35)56-48(55-39)43-24-32(6)28-61(43)50(63)46(30(3)4)59-52(65)67-8/h11-18,25-26,29-31,42-43,45-46H,6,9-10,19-24,27-28H2,1-5,7-8H3,(H,54,57)(H,55,56)(H,58,64)(H,59,65)/t31-,42-,43-,45-,46-/m0/s1. The van der Waals surface area contributed by atoms with E-state index >= 15 is 0 Å². The highest BCUT2D eigenvalue weighted by atomic mass is 16.5. The van der Waals surface area contributed by atoms with Crippen molar-refractivity contribution in [3.63, 3.8) is 0 Å². The lowest BCUT2D eigenvalue weighted by Crippen LogP contribution is -2.51. The van der Waals surface area contributed by atoms with Crippen molar-refractivity contribution < 1.29 is 28.7 Å². The number of nitrogens with zero attached hydrogens (tertiary/aromatic N) is 4.